The van der Waals surface area contributed by atoms with Gasteiger partial charge in [0.1, 0.15) is 25.2 Å². The van der Waals surface area contributed by atoms with Crippen LogP contribution >= 0.6 is 0 Å². The maximum atomic E-state index is 11.5. The molecule has 290 valence electrons. The number of hydrogen-bond donors (Lipinski definition) is 0. The number of rotatable bonds is 40. The minimum Gasteiger partial charge on any atom is -0.491 e. The van der Waals surface area contributed by atoms with Gasteiger partial charge in [0, 0.05) is 12.0 Å². The Balaban J connectivity index is 1.64. The normalized spacial score (nSPS) is 11.2. The zero-order valence-corrected chi connectivity index (χ0v) is 30.2. The van der Waals surface area contributed by atoms with Crippen LogP contribution in [0.2, 0.25) is 0 Å². The van der Waals surface area contributed by atoms with Crippen molar-refractivity contribution in [3.05, 3.63) is 29.8 Å². The molecule has 0 amide bonds. The highest BCUT2D eigenvalue weighted by atomic mass is 16.6. The lowest BCUT2D eigenvalue weighted by Crippen LogP contribution is -2.15. The van der Waals surface area contributed by atoms with E-state index in [1.165, 1.54) is 0 Å². The first kappa shape index (κ1) is 45.8. The van der Waals surface area contributed by atoms with E-state index in [0.717, 1.165) is 32.0 Å². The molecule has 50 heavy (non-hydrogen) atoms. The lowest BCUT2D eigenvalue weighted by molar-refractivity contribution is -0.145. The van der Waals surface area contributed by atoms with Gasteiger partial charge >= 0.3 is 5.97 Å². The number of carbonyl (C=O) groups excluding carboxylic acids is 2. The lowest BCUT2D eigenvalue weighted by Gasteiger charge is -2.09. The summed E-state index contributed by atoms with van der Waals surface area (Å²) in [4.78, 5) is 22.2. The first-order valence-electron chi connectivity index (χ1n) is 17.9. The SMILES string of the molecule is CCCCCCC(=O)OCCOCCOCCOCCOCCOCCOCCOCCOCCOCCOCCOc1ccc(C=O)cc1. The molecule has 0 atom stereocenters. The third-order valence-corrected chi connectivity index (χ3v) is 6.59. The minimum absolute atomic E-state index is 0.156. The second-order valence-electron chi connectivity index (χ2n) is 10.7. The molecule has 0 radical (unpaired) electrons. The van der Waals surface area contributed by atoms with Crippen LogP contribution in [0.3, 0.4) is 0 Å². The van der Waals surface area contributed by atoms with Crippen molar-refractivity contribution in [2.45, 2.75) is 39.0 Å². The number of carbonyl (C=O) groups is 2. The van der Waals surface area contributed by atoms with Gasteiger partial charge in [0.25, 0.3) is 0 Å². The Kier molecular flexibility index (Phi) is 34.8. The Morgan fingerprint density at radius 3 is 1.14 bits per heavy atom. The molecule has 0 saturated heterocycles. The number of benzene rings is 1. The van der Waals surface area contributed by atoms with Crippen molar-refractivity contribution in [3.8, 4) is 5.75 Å². The highest BCUT2D eigenvalue weighted by Crippen LogP contribution is 2.10. The maximum absolute atomic E-state index is 11.5. The molecule has 0 unspecified atom stereocenters. The van der Waals surface area contributed by atoms with Crippen LogP contribution in [0.25, 0.3) is 0 Å². The zero-order valence-electron chi connectivity index (χ0n) is 30.2. The topological polar surface area (TPSA) is 145 Å². The van der Waals surface area contributed by atoms with Crippen molar-refractivity contribution in [3.63, 3.8) is 0 Å². The van der Waals surface area contributed by atoms with Gasteiger partial charge in [-0.05, 0) is 30.7 Å². The van der Waals surface area contributed by atoms with Gasteiger partial charge in [0.05, 0.1) is 132 Å². The number of ether oxygens (including phenoxy) is 12. The van der Waals surface area contributed by atoms with Gasteiger partial charge in [-0.3, -0.25) is 9.59 Å². The molecule has 1 aromatic carbocycles. The van der Waals surface area contributed by atoms with Crippen molar-refractivity contribution in [2.75, 3.05) is 145 Å². The Morgan fingerprint density at radius 2 is 0.800 bits per heavy atom. The van der Waals surface area contributed by atoms with Crippen LogP contribution in [0.5, 0.6) is 5.75 Å². The Hall–Kier alpha value is -2.24. The Bertz CT molecular complexity index is 858. The Morgan fingerprint density at radius 1 is 0.460 bits per heavy atom. The lowest BCUT2D eigenvalue weighted by atomic mass is 10.2. The second kappa shape index (κ2) is 38.0. The highest BCUT2D eigenvalue weighted by Gasteiger charge is 2.02. The number of esters is 1. The van der Waals surface area contributed by atoms with E-state index in [1.54, 1.807) is 24.3 Å². The molecule has 0 aliphatic carbocycles. The largest absolute Gasteiger partial charge is 0.491 e. The fourth-order valence-corrected chi connectivity index (χ4v) is 3.93. The van der Waals surface area contributed by atoms with Crippen LogP contribution in [0.4, 0.5) is 0 Å². The van der Waals surface area contributed by atoms with Gasteiger partial charge in [-0.15, -0.1) is 0 Å². The van der Waals surface area contributed by atoms with Crippen LogP contribution < -0.4 is 4.74 Å². The molecule has 0 N–H and O–H groups in total. The third-order valence-electron chi connectivity index (χ3n) is 6.59. The Labute approximate surface area is 298 Å². The first-order valence-corrected chi connectivity index (χ1v) is 17.9. The van der Waals surface area contributed by atoms with Crippen LogP contribution in [0, 0.1) is 0 Å². The average molecular weight is 719 g/mol. The smallest absolute Gasteiger partial charge is 0.305 e. The van der Waals surface area contributed by atoms with E-state index in [-0.39, 0.29) is 12.6 Å². The molecule has 0 spiro atoms. The maximum Gasteiger partial charge on any atom is 0.305 e. The second-order valence-corrected chi connectivity index (χ2v) is 10.7. The number of hydrogen-bond acceptors (Lipinski definition) is 14. The van der Waals surface area contributed by atoms with E-state index in [2.05, 4.69) is 6.92 Å². The summed E-state index contributed by atoms with van der Waals surface area (Å²) in [7, 11) is 0. The third kappa shape index (κ3) is 32.9. The van der Waals surface area contributed by atoms with Crippen molar-refractivity contribution in [1.82, 2.24) is 0 Å². The molecule has 0 aromatic heterocycles. The summed E-state index contributed by atoms with van der Waals surface area (Å²) < 4.78 is 65.3. The summed E-state index contributed by atoms with van der Waals surface area (Å²) in [6.45, 7) is 12.4. The minimum atomic E-state index is -0.156. The molecule has 1 aromatic rings. The zero-order chi connectivity index (χ0) is 35.8. The van der Waals surface area contributed by atoms with Gasteiger partial charge in [-0.25, -0.2) is 0 Å². The van der Waals surface area contributed by atoms with Crippen molar-refractivity contribution in [1.29, 1.82) is 0 Å². The summed E-state index contributed by atoms with van der Waals surface area (Å²) in [6.07, 6.45) is 5.54. The molecule has 1 rings (SSSR count). The quantitative estimate of drug-likeness (QED) is 0.0554. The van der Waals surface area contributed by atoms with Crippen LogP contribution in [0.1, 0.15) is 49.4 Å². The predicted molar refractivity (Wildman–Crippen MR) is 185 cm³/mol. The van der Waals surface area contributed by atoms with E-state index in [1.807, 2.05) is 0 Å². The van der Waals surface area contributed by atoms with Crippen LogP contribution in [0.15, 0.2) is 24.3 Å². The summed E-state index contributed by atoms with van der Waals surface area (Å²) in [5, 5.41) is 0. The summed E-state index contributed by atoms with van der Waals surface area (Å²) in [5.41, 5.74) is 0.616. The van der Waals surface area contributed by atoms with Crippen molar-refractivity contribution >= 4 is 12.3 Å². The molecule has 14 nitrogen and oxygen atoms in total. The molecule has 0 aliphatic rings. The van der Waals surface area contributed by atoms with Crippen molar-refractivity contribution < 1.29 is 66.4 Å². The fraction of sp³-hybridized carbons (Fsp3) is 0.778. The standard InChI is InChI=1S/C36H62O14/c1-2-3-4-5-6-36(38)50-32-30-48-28-26-46-24-22-44-20-18-42-16-14-40-12-11-39-13-15-41-17-19-43-21-23-45-25-27-47-29-31-49-35-9-7-34(33-37)8-10-35/h7-10,33H,2-6,11-32H2,1H3. The van der Waals surface area contributed by atoms with E-state index in [0.29, 0.717) is 156 Å². The van der Waals surface area contributed by atoms with Crippen molar-refractivity contribution in [2.24, 2.45) is 0 Å². The fourth-order valence-electron chi connectivity index (χ4n) is 3.93. The number of unbranched alkanes of at least 4 members (excludes halogenated alkanes) is 3. The highest BCUT2D eigenvalue weighted by molar-refractivity contribution is 5.74. The van der Waals surface area contributed by atoms with E-state index in [4.69, 9.17) is 56.8 Å². The molecule has 0 aliphatic heterocycles. The summed E-state index contributed by atoms with van der Waals surface area (Å²) in [6, 6.07) is 6.93. The van der Waals surface area contributed by atoms with Crippen LogP contribution in [-0.2, 0) is 56.9 Å². The van der Waals surface area contributed by atoms with E-state index < -0.39 is 0 Å². The van der Waals surface area contributed by atoms with Crippen LogP contribution in [-0.4, -0.2) is 158 Å². The molecule has 0 fully saturated rings. The van der Waals surface area contributed by atoms with E-state index in [9.17, 15) is 9.59 Å². The molecular formula is C36H62O14. The molecule has 0 heterocycles. The monoisotopic (exact) mass is 718 g/mol. The molecule has 0 bridgehead atoms. The summed E-state index contributed by atoms with van der Waals surface area (Å²) in [5.74, 6) is 0.545. The van der Waals surface area contributed by atoms with Gasteiger partial charge in [0.15, 0.2) is 0 Å². The predicted octanol–water partition coefficient (Wildman–Crippen LogP) is 3.56. The van der Waals surface area contributed by atoms with Gasteiger partial charge in [0.2, 0.25) is 0 Å². The summed E-state index contributed by atoms with van der Waals surface area (Å²) >= 11 is 0. The van der Waals surface area contributed by atoms with E-state index >= 15 is 0 Å². The number of aldehydes is 1. The average Bonchev–Trinajstić information content (AvgIpc) is 3.13. The molecule has 0 saturated carbocycles. The van der Waals surface area contributed by atoms with Gasteiger partial charge in [-0.1, -0.05) is 26.2 Å². The van der Waals surface area contributed by atoms with Gasteiger partial charge in [-0.2, -0.15) is 0 Å². The molecule has 14 heteroatoms. The molecular weight excluding hydrogens is 656 g/mol. The van der Waals surface area contributed by atoms with Gasteiger partial charge < -0.3 is 56.8 Å². The first-order chi connectivity index (χ1) is 24.8.